The van der Waals surface area contributed by atoms with E-state index in [1.807, 2.05) is 12.1 Å². The number of carbonyl (C=O) groups is 1. The molecule has 0 amide bonds. The predicted molar refractivity (Wildman–Crippen MR) is 61.3 cm³/mol. The highest BCUT2D eigenvalue weighted by Crippen LogP contribution is 2.24. The van der Waals surface area contributed by atoms with Gasteiger partial charge < -0.3 is 15.7 Å². The van der Waals surface area contributed by atoms with Crippen molar-refractivity contribution >= 4 is 17.3 Å². The first kappa shape index (κ1) is 12.3. The Balaban J connectivity index is 3.09. The lowest BCUT2D eigenvalue weighted by molar-refractivity contribution is 0.0697. The number of nitrogens with two attached hydrogens (primary N) is 1. The largest absolute Gasteiger partial charge is 0.478 e. The van der Waals surface area contributed by atoms with Gasteiger partial charge in [0.15, 0.2) is 0 Å². The van der Waals surface area contributed by atoms with Gasteiger partial charge in [-0.25, -0.2) is 4.79 Å². The molecule has 0 bridgehead atoms. The molecule has 0 aliphatic rings. The van der Waals surface area contributed by atoms with Crippen LogP contribution in [-0.4, -0.2) is 24.2 Å². The summed E-state index contributed by atoms with van der Waals surface area (Å²) in [4.78, 5) is 12.2. The molecule has 6 heteroatoms. The molecule has 1 aromatic carbocycles. The lowest BCUT2D eigenvalue weighted by atomic mass is 10.1. The summed E-state index contributed by atoms with van der Waals surface area (Å²) in [5, 5.41) is 26.0. The van der Waals surface area contributed by atoms with E-state index in [2.05, 4.69) is 0 Å². The van der Waals surface area contributed by atoms with Gasteiger partial charge in [0.2, 0.25) is 0 Å². The minimum absolute atomic E-state index is 0.0180. The lowest BCUT2D eigenvalue weighted by Gasteiger charge is -2.20. The molecule has 1 rings (SSSR count). The second kappa shape index (κ2) is 5.38. The Hall–Kier alpha value is -2.73. The van der Waals surface area contributed by atoms with E-state index in [4.69, 9.17) is 21.4 Å². The van der Waals surface area contributed by atoms with Crippen LogP contribution in [0.1, 0.15) is 10.4 Å². The molecule has 6 nitrogen and oxygen atoms in total. The minimum Gasteiger partial charge on any atom is -0.478 e. The van der Waals surface area contributed by atoms with Crippen molar-refractivity contribution in [1.82, 2.24) is 0 Å². The third kappa shape index (κ3) is 2.86. The summed E-state index contributed by atoms with van der Waals surface area (Å²) in [5.41, 5.74) is 6.48. The van der Waals surface area contributed by atoms with Crippen molar-refractivity contribution in [2.24, 2.45) is 0 Å². The van der Waals surface area contributed by atoms with E-state index in [1.54, 1.807) is 0 Å². The van der Waals surface area contributed by atoms with Crippen LogP contribution in [0.3, 0.4) is 0 Å². The van der Waals surface area contributed by atoms with Crippen LogP contribution in [0.5, 0.6) is 0 Å². The van der Waals surface area contributed by atoms with Crippen LogP contribution in [-0.2, 0) is 0 Å². The fourth-order valence-corrected chi connectivity index (χ4v) is 1.37. The first-order valence-corrected chi connectivity index (χ1v) is 4.71. The third-order valence-electron chi connectivity index (χ3n) is 2.14. The predicted octanol–water partition coefficient (Wildman–Crippen LogP) is 0.821. The lowest BCUT2D eigenvalue weighted by Crippen LogP contribution is -2.24. The number of nitrogen functional groups attached to an aromatic ring is 1. The van der Waals surface area contributed by atoms with Crippen LogP contribution < -0.4 is 10.6 Å². The Morgan fingerprint density at radius 3 is 2.35 bits per heavy atom. The second-order valence-electron chi connectivity index (χ2n) is 3.25. The number of nitrogens with zero attached hydrogens (tertiary/aromatic N) is 3. The van der Waals surface area contributed by atoms with Crippen molar-refractivity contribution < 1.29 is 9.90 Å². The molecule has 0 aliphatic carbocycles. The zero-order chi connectivity index (χ0) is 12.8. The molecule has 0 saturated carbocycles. The van der Waals surface area contributed by atoms with E-state index in [1.165, 1.54) is 23.1 Å². The van der Waals surface area contributed by atoms with E-state index < -0.39 is 5.97 Å². The molecule has 0 radical (unpaired) electrons. The van der Waals surface area contributed by atoms with E-state index in [0.29, 0.717) is 5.69 Å². The van der Waals surface area contributed by atoms with Crippen LogP contribution >= 0.6 is 0 Å². The van der Waals surface area contributed by atoms with Gasteiger partial charge in [0.05, 0.1) is 29.1 Å². The zero-order valence-electron chi connectivity index (χ0n) is 8.92. The monoisotopic (exact) mass is 230 g/mol. The molecular weight excluding hydrogens is 220 g/mol. The number of rotatable bonds is 4. The second-order valence-corrected chi connectivity index (χ2v) is 3.25. The van der Waals surface area contributed by atoms with E-state index in [9.17, 15) is 4.79 Å². The highest BCUT2D eigenvalue weighted by Gasteiger charge is 2.11. The molecule has 0 aliphatic heterocycles. The molecular formula is C11H10N4O2. The summed E-state index contributed by atoms with van der Waals surface area (Å²) in [6, 6.07) is 8.02. The first-order chi connectivity index (χ1) is 8.10. The molecule has 17 heavy (non-hydrogen) atoms. The number of carboxylic acids is 1. The number of hydrogen-bond donors (Lipinski definition) is 2. The molecule has 86 valence electrons. The number of aromatic carboxylic acids is 1. The summed E-state index contributed by atoms with van der Waals surface area (Å²) in [5.74, 6) is -1.07. The molecule has 1 aromatic rings. The van der Waals surface area contributed by atoms with E-state index in [0.717, 1.165) is 0 Å². The third-order valence-corrected chi connectivity index (χ3v) is 2.14. The number of nitriles is 2. The Morgan fingerprint density at radius 1 is 1.35 bits per heavy atom. The average molecular weight is 230 g/mol. The summed E-state index contributed by atoms with van der Waals surface area (Å²) in [6.07, 6.45) is 0. The van der Waals surface area contributed by atoms with Crippen molar-refractivity contribution in [3.8, 4) is 12.1 Å². The molecule has 0 spiro atoms. The number of carboxylic acid groups (broad SMARTS) is 1. The summed E-state index contributed by atoms with van der Waals surface area (Å²) >= 11 is 0. The zero-order valence-corrected chi connectivity index (χ0v) is 8.92. The summed E-state index contributed by atoms with van der Waals surface area (Å²) in [7, 11) is 0. The van der Waals surface area contributed by atoms with Crippen molar-refractivity contribution in [1.29, 1.82) is 10.5 Å². The topological polar surface area (TPSA) is 114 Å². The maximum Gasteiger partial charge on any atom is 0.335 e. The average Bonchev–Trinajstić information content (AvgIpc) is 2.28. The van der Waals surface area contributed by atoms with Crippen LogP contribution in [0.15, 0.2) is 18.2 Å². The highest BCUT2D eigenvalue weighted by atomic mass is 16.4. The highest BCUT2D eigenvalue weighted by molar-refractivity contribution is 5.90. The van der Waals surface area contributed by atoms with Gasteiger partial charge >= 0.3 is 5.97 Å². The normalized spacial score (nSPS) is 9.06. The Labute approximate surface area is 98.1 Å². The SMILES string of the molecule is N#CCN(CC#N)c1ccc(C(=O)O)cc1N. The fraction of sp³-hybridized carbons (Fsp3) is 0.182. The van der Waals surface area contributed by atoms with Gasteiger partial charge in [-0.15, -0.1) is 0 Å². The molecule has 0 unspecified atom stereocenters. The molecule has 0 saturated heterocycles. The quantitative estimate of drug-likeness (QED) is 0.584. The Bertz CT molecular complexity index is 497. The van der Waals surface area contributed by atoms with Crippen LogP contribution in [0.25, 0.3) is 0 Å². The van der Waals surface area contributed by atoms with Crippen LogP contribution in [0.2, 0.25) is 0 Å². The van der Waals surface area contributed by atoms with Gasteiger partial charge in [-0.05, 0) is 18.2 Å². The fourth-order valence-electron chi connectivity index (χ4n) is 1.37. The maximum atomic E-state index is 10.7. The van der Waals surface area contributed by atoms with Crippen molar-refractivity contribution in [3.63, 3.8) is 0 Å². The van der Waals surface area contributed by atoms with Crippen LogP contribution in [0.4, 0.5) is 11.4 Å². The van der Waals surface area contributed by atoms with Gasteiger partial charge in [-0.1, -0.05) is 0 Å². The smallest absolute Gasteiger partial charge is 0.335 e. The van der Waals surface area contributed by atoms with Crippen molar-refractivity contribution in [3.05, 3.63) is 23.8 Å². The molecule has 0 aromatic heterocycles. The number of hydrogen-bond acceptors (Lipinski definition) is 5. The maximum absolute atomic E-state index is 10.7. The van der Waals surface area contributed by atoms with Crippen LogP contribution in [0, 0.1) is 22.7 Å². The molecule has 0 atom stereocenters. The Kier molecular flexibility index (Phi) is 3.91. The summed E-state index contributed by atoms with van der Waals surface area (Å²) in [6.45, 7) is 0.0361. The Morgan fingerprint density at radius 2 is 1.94 bits per heavy atom. The van der Waals surface area contributed by atoms with Gasteiger partial charge in [-0.2, -0.15) is 10.5 Å². The molecule has 0 heterocycles. The van der Waals surface area contributed by atoms with Gasteiger partial charge in [-0.3, -0.25) is 0 Å². The number of anilines is 2. The van der Waals surface area contributed by atoms with Gasteiger partial charge in [0.1, 0.15) is 13.1 Å². The van der Waals surface area contributed by atoms with E-state index >= 15 is 0 Å². The number of benzene rings is 1. The van der Waals surface area contributed by atoms with Crippen molar-refractivity contribution in [2.75, 3.05) is 23.7 Å². The van der Waals surface area contributed by atoms with Gasteiger partial charge in [0, 0.05) is 0 Å². The molecule has 3 N–H and O–H groups in total. The summed E-state index contributed by atoms with van der Waals surface area (Å²) < 4.78 is 0. The standard InChI is InChI=1S/C11H10N4O2/c12-3-5-15(6-4-13)10-2-1-8(11(16)17)7-9(10)14/h1-2,7H,5-6,14H2,(H,16,17). The van der Waals surface area contributed by atoms with E-state index in [-0.39, 0.29) is 24.3 Å². The molecule has 0 fully saturated rings. The minimum atomic E-state index is -1.07. The van der Waals surface area contributed by atoms with Crippen molar-refractivity contribution in [2.45, 2.75) is 0 Å². The first-order valence-electron chi connectivity index (χ1n) is 4.71. The van der Waals surface area contributed by atoms with Gasteiger partial charge in [0.25, 0.3) is 0 Å².